The van der Waals surface area contributed by atoms with Crippen LogP contribution in [-0.4, -0.2) is 37.7 Å². The van der Waals surface area contributed by atoms with E-state index in [0.717, 1.165) is 5.52 Å². The van der Waals surface area contributed by atoms with Gasteiger partial charge in [0.1, 0.15) is 11.8 Å². The third kappa shape index (κ3) is 2.11. The number of aliphatic hydroxyl groups excluding tert-OH is 1. The van der Waals surface area contributed by atoms with Gasteiger partial charge in [-0.3, -0.25) is 0 Å². The lowest BCUT2D eigenvalue weighted by atomic mass is 10.1. The first kappa shape index (κ1) is 10.8. The zero-order chi connectivity index (χ0) is 11.5. The van der Waals surface area contributed by atoms with Crippen LogP contribution in [0.1, 0.15) is 13.8 Å². The van der Waals surface area contributed by atoms with Crippen molar-refractivity contribution in [2.75, 3.05) is 11.9 Å². The van der Waals surface area contributed by atoms with E-state index in [1.165, 1.54) is 6.33 Å². The van der Waals surface area contributed by atoms with Crippen molar-refractivity contribution in [3.8, 4) is 0 Å². The van der Waals surface area contributed by atoms with Gasteiger partial charge in [-0.05, 0) is 5.92 Å². The number of fused-ring (bicyclic) bond motifs is 1. The first-order valence-corrected chi connectivity index (χ1v) is 5.24. The fraction of sp³-hybridized carbons (Fsp3) is 0.500. The Kier molecular flexibility index (Phi) is 3.00. The molecule has 0 aliphatic rings. The fourth-order valence-electron chi connectivity index (χ4n) is 1.34. The summed E-state index contributed by atoms with van der Waals surface area (Å²) in [4.78, 5) is 15.1. The molecule has 2 heterocycles. The summed E-state index contributed by atoms with van der Waals surface area (Å²) in [7, 11) is 0. The van der Waals surface area contributed by atoms with Crippen LogP contribution in [0.25, 0.3) is 11.2 Å². The number of rotatable bonds is 4. The highest BCUT2D eigenvalue weighted by molar-refractivity contribution is 5.81. The van der Waals surface area contributed by atoms with E-state index in [0.29, 0.717) is 18.0 Å². The standard InChI is InChI=1S/C10H15N5O/c1-6(2)7(16)3-11-9-8-10(13-4-12-8)15-5-14-9/h4-7,16H,3H2,1-2H3,(H2,11,12,13,14,15). The number of nitrogens with one attached hydrogen (secondary N) is 2. The van der Waals surface area contributed by atoms with Gasteiger partial charge in [-0.15, -0.1) is 0 Å². The van der Waals surface area contributed by atoms with Crippen LogP contribution in [0, 0.1) is 5.92 Å². The number of hydrogen-bond donors (Lipinski definition) is 3. The molecule has 86 valence electrons. The van der Waals surface area contributed by atoms with Gasteiger partial charge in [0.15, 0.2) is 11.5 Å². The monoisotopic (exact) mass is 221 g/mol. The lowest BCUT2D eigenvalue weighted by molar-refractivity contribution is 0.138. The predicted octanol–water partition coefficient (Wildman–Crippen LogP) is 0.782. The van der Waals surface area contributed by atoms with Crippen molar-refractivity contribution >= 4 is 17.0 Å². The summed E-state index contributed by atoms with van der Waals surface area (Å²) < 4.78 is 0. The van der Waals surface area contributed by atoms with Crippen molar-refractivity contribution in [3.05, 3.63) is 12.7 Å². The third-order valence-electron chi connectivity index (χ3n) is 2.47. The Bertz CT molecular complexity index is 467. The van der Waals surface area contributed by atoms with Gasteiger partial charge in [0.25, 0.3) is 0 Å². The van der Waals surface area contributed by atoms with Gasteiger partial charge < -0.3 is 15.4 Å². The molecule has 6 heteroatoms. The Labute approximate surface area is 93.1 Å². The van der Waals surface area contributed by atoms with E-state index in [-0.39, 0.29) is 5.92 Å². The Morgan fingerprint density at radius 1 is 1.38 bits per heavy atom. The molecule has 6 nitrogen and oxygen atoms in total. The molecular formula is C10H15N5O. The van der Waals surface area contributed by atoms with Gasteiger partial charge in [-0.25, -0.2) is 15.0 Å². The summed E-state index contributed by atoms with van der Waals surface area (Å²) in [5.41, 5.74) is 1.38. The first-order valence-electron chi connectivity index (χ1n) is 5.24. The van der Waals surface area contributed by atoms with Crippen molar-refractivity contribution in [3.63, 3.8) is 0 Å². The SMILES string of the molecule is CC(C)C(O)CNc1ncnc2nc[nH]c12. The molecule has 2 aromatic rings. The molecule has 0 spiro atoms. The van der Waals surface area contributed by atoms with Gasteiger partial charge in [-0.2, -0.15) is 0 Å². The number of anilines is 1. The van der Waals surface area contributed by atoms with Crippen molar-refractivity contribution in [1.82, 2.24) is 19.9 Å². The second-order valence-corrected chi connectivity index (χ2v) is 4.02. The predicted molar refractivity (Wildman–Crippen MR) is 61.0 cm³/mol. The van der Waals surface area contributed by atoms with Crippen LogP contribution in [0.2, 0.25) is 0 Å². The number of imidazole rings is 1. The van der Waals surface area contributed by atoms with Gasteiger partial charge >= 0.3 is 0 Å². The van der Waals surface area contributed by atoms with Crippen molar-refractivity contribution in [2.45, 2.75) is 20.0 Å². The van der Waals surface area contributed by atoms with E-state index in [1.54, 1.807) is 6.33 Å². The molecule has 0 bridgehead atoms. The normalized spacial score (nSPS) is 13.2. The summed E-state index contributed by atoms with van der Waals surface area (Å²) in [5.74, 6) is 0.883. The van der Waals surface area contributed by atoms with Crippen LogP contribution < -0.4 is 5.32 Å². The minimum atomic E-state index is -0.395. The van der Waals surface area contributed by atoms with E-state index in [4.69, 9.17) is 0 Å². The number of aromatic amines is 1. The molecule has 3 N–H and O–H groups in total. The molecule has 2 rings (SSSR count). The summed E-state index contributed by atoms with van der Waals surface area (Å²) in [6, 6.07) is 0. The Hall–Kier alpha value is -1.69. The molecule has 0 aliphatic carbocycles. The second kappa shape index (κ2) is 4.44. The van der Waals surface area contributed by atoms with E-state index < -0.39 is 6.10 Å². The molecule has 2 aromatic heterocycles. The molecule has 0 saturated heterocycles. The molecule has 0 radical (unpaired) electrons. The lowest BCUT2D eigenvalue weighted by Crippen LogP contribution is -2.25. The van der Waals surface area contributed by atoms with Crippen LogP contribution in [0.15, 0.2) is 12.7 Å². The Morgan fingerprint density at radius 2 is 2.19 bits per heavy atom. The summed E-state index contributed by atoms with van der Waals surface area (Å²) in [6.45, 7) is 4.40. The topological polar surface area (TPSA) is 86.7 Å². The van der Waals surface area contributed by atoms with Crippen LogP contribution >= 0.6 is 0 Å². The molecule has 0 saturated carbocycles. The molecule has 16 heavy (non-hydrogen) atoms. The van der Waals surface area contributed by atoms with Crippen LogP contribution in [0.5, 0.6) is 0 Å². The second-order valence-electron chi connectivity index (χ2n) is 4.02. The lowest BCUT2D eigenvalue weighted by Gasteiger charge is -2.15. The fourth-order valence-corrected chi connectivity index (χ4v) is 1.34. The quantitative estimate of drug-likeness (QED) is 0.710. The minimum Gasteiger partial charge on any atom is -0.391 e. The Morgan fingerprint density at radius 3 is 2.94 bits per heavy atom. The van der Waals surface area contributed by atoms with E-state index in [2.05, 4.69) is 25.3 Å². The summed E-state index contributed by atoms with van der Waals surface area (Å²) in [5, 5.41) is 12.8. The zero-order valence-corrected chi connectivity index (χ0v) is 9.31. The van der Waals surface area contributed by atoms with Crippen molar-refractivity contribution in [1.29, 1.82) is 0 Å². The van der Waals surface area contributed by atoms with Crippen LogP contribution in [-0.2, 0) is 0 Å². The molecule has 0 aromatic carbocycles. The van der Waals surface area contributed by atoms with Crippen molar-refractivity contribution in [2.24, 2.45) is 5.92 Å². The summed E-state index contributed by atoms with van der Waals surface area (Å²) >= 11 is 0. The van der Waals surface area contributed by atoms with Gasteiger partial charge in [0, 0.05) is 6.54 Å². The van der Waals surface area contributed by atoms with Crippen LogP contribution in [0.3, 0.4) is 0 Å². The van der Waals surface area contributed by atoms with Gasteiger partial charge in [0.05, 0.1) is 12.4 Å². The third-order valence-corrected chi connectivity index (χ3v) is 2.47. The van der Waals surface area contributed by atoms with Crippen LogP contribution in [0.4, 0.5) is 5.82 Å². The Balaban J connectivity index is 2.12. The maximum atomic E-state index is 9.68. The number of aliphatic hydroxyl groups is 1. The van der Waals surface area contributed by atoms with E-state index >= 15 is 0 Å². The highest BCUT2D eigenvalue weighted by Crippen LogP contribution is 2.14. The smallest absolute Gasteiger partial charge is 0.182 e. The highest BCUT2D eigenvalue weighted by atomic mass is 16.3. The average Bonchev–Trinajstić information content (AvgIpc) is 2.73. The zero-order valence-electron chi connectivity index (χ0n) is 9.31. The molecular weight excluding hydrogens is 206 g/mol. The number of hydrogen-bond acceptors (Lipinski definition) is 5. The van der Waals surface area contributed by atoms with Crippen molar-refractivity contribution < 1.29 is 5.11 Å². The highest BCUT2D eigenvalue weighted by Gasteiger charge is 2.11. The maximum absolute atomic E-state index is 9.68. The first-order chi connectivity index (χ1) is 7.68. The minimum absolute atomic E-state index is 0.214. The van der Waals surface area contributed by atoms with Gasteiger partial charge in [0.2, 0.25) is 0 Å². The average molecular weight is 221 g/mol. The number of aromatic nitrogens is 4. The number of nitrogens with zero attached hydrogens (tertiary/aromatic N) is 3. The maximum Gasteiger partial charge on any atom is 0.182 e. The molecule has 1 atom stereocenters. The number of H-pyrrole nitrogens is 1. The summed E-state index contributed by atoms with van der Waals surface area (Å²) in [6.07, 6.45) is 2.63. The molecule has 0 aliphatic heterocycles. The molecule has 1 unspecified atom stereocenters. The van der Waals surface area contributed by atoms with E-state index in [9.17, 15) is 5.11 Å². The molecule has 0 amide bonds. The van der Waals surface area contributed by atoms with Gasteiger partial charge in [-0.1, -0.05) is 13.8 Å². The molecule has 0 fully saturated rings. The van der Waals surface area contributed by atoms with E-state index in [1.807, 2.05) is 13.8 Å². The largest absolute Gasteiger partial charge is 0.391 e.